The summed E-state index contributed by atoms with van der Waals surface area (Å²) in [5.41, 5.74) is 0.870. The highest BCUT2D eigenvalue weighted by Crippen LogP contribution is 2.28. The van der Waals surface area contributed by atoms with E-state index in [4.69, 9.17) is 16.3 Å². The maximum atomic E-state index is 12.7. The number of nitro benzene ring substituents is 1. The second-order valence-electron chi connectivity index (χ2n) is 5.87. The summed E-state index contributed by atoms with van der Waals surface area (Å²) in [6.45, 7) is 1.73. The molecule has 0 spiro atoms. The summed E-state index contributed by atoms with van der Waals surface area (Å²) in [4.78, 5) is 24.6. The van der Waals surface area contributed by atoms with Gasteiger partial charge in [-0.2, -0.15) is 0 Å². The summed E-state index contributed by atoms with van der Waals surface area (Å²) in [6.07, 6.45) is 0. The van der Waals surface area contributed by atoms with E-state index < -0.39 is 4.92 Å². The first kappa shape index (κ1) is 21.0. The van der Waals surface area contributed by atoms with E-state index in [-0.39, 0.29) is 36.7 Å². The van der Waals surface area contributed by atoms with Crippen molar-refractivity contribution in [3.8, 4) is 5.75 Å². The minimum absolute atomic E-state index is 0. The Hall–Kier alpha value is -2.35. The van der Waals surface area contributed by atoms with Crippen molar-refractivity contribution >= 4 is 35.6 Å². The molecule has 27 heavy (non-hydrogen) atoms. The predicted octanol–water partition coefficient (Wildman–Crippen LogP) is 3.22. The Labute approximate surface area is 167 Å². The van der Waals surface area contributed by atoms with Crippen molar-refractivity contribution in [3.05, 3.63) is 69.2 Å². The molecule has 1 atom stereocenters. The summed E-state index contributed by atoms with van der Waals surface area (Å²) in [5, 5.41) is 14.6. The third kappa shape index (κ3) is 5.09. The molecule has 144 valence electrons. The molecule has 0 saturated carbocycles. The summed E-state index contributed by atoms with van der Waals surface area (Å²) >= 11 is 6.29. The van der Waals surface area contributed by atoms with Crippen LogP contribution < -0.4 is 10.1 Å². The number of halogens is 2. The molecule has 1 aliphatic heterocycles. The van der Waals surface area contributed by atoms with E-state index in [1.165, 1.54) is 24.3 Å². The SMILES string of the molecule is Cl.O=C(COc1ccc([N+](=O)[O-])cc1)N1CCNCC1c1ccccc1Cl. The fraction of sp³-hybridized carbons (Fsp3) is 0.278. The van der Waals surface area contributed by atoms with Gasteiger partial charge in [-0.25, -0.2) is 0 Å². The van der Waals surface area contributed by atoms with Crippen molar-refractivity contribution in [2.45, 2.75) is 6.04 Å². The summed E-state index contributed by atoms with van der Waals surface area (Å²) < 4.78 is 5.50. The average molecular weight is 412 g/mol. The van der Waals surface area contributed by atoms with Gasteiger partial charge in [0, 0.05) is 36.8 Å². The molecule has 2 aromatic carbocycles. The number of nitrogens with one attached hydrogen (secondary N) is 1. The number of carbonyl (C=O) groups excluding carboxylic acids is 1. The van der Waals surface area contributed by atoms with Gasteiger partial charge in [0.05, 0.1) is 11.0 Å². The van der Waals surface area contributed by atoms with Gasteiger partial charge in [-0.15, -0.1) is 12.4 Å². The van der Waals surface area contributed by atoms with Crippen molar-refractivity contribution in [1.29, 1.82) is 0 Å². The van der Waals surface area contributed by atoms with Crippen LogP contribution in [0.25, 0.3) is 0 Å². The van der Waals surface area contributed by atoms with Gasteiger partial charge in [0.15, 0.2) is 6.61 Å². The normalized spacial score (nSPS) is 16.3. The number of hydrogen-bond acceptors (Lipinski definition) is 5. The highest BCUT2D eigenvalue weighted by molar-refractivity contribution is 6.31. The molecule has 1 unspecified atom stereocenters. The third-order valence-corrected chi connectivity index (χ3v) is 4.58. The molecule has 7 nitrogen and oxygen atoms in total. The molecule has 1 fully saturated rings. The van der Waals surface area contributed by atoms with E-state index >= 15 is 0 Å². The smallest absolute Gasteiger partial charge is 0.269 e. The fourth-order valence-electron chi connectivity index (χ4n) is 2.92. The van der Waals surface area contributed by atoms with Crippen molar-refractivity contribution < 1.29 is 14.5 Å². The number of nitrogens with zero attached hydrogens (tertiary/aromatic N) is 2. The first-order valence-corrected chi connectivity index (χ1v) is 8.56. The monoisotopic (exact) mass is 411 g/mol. The van der Waals surface area contributed by atoms with E-state index in [9.17, 15) is 14.9 Å². The van der Waals surface area contributed by atoms with Crippen molar-refractivity contribution in [1.82, 2.24) is 10.2 Å². The van der Waals surface area contributed by atoms with Crippen LogP contribution in [0.2, 0.25) is 5.02 Å². The molecular formula is C18H19Cl2N3O4. The molecular weight excluding hydrogens is 393 g/mol. The third-order valence-electron chi connectivity index (χ3n) is 4.24. The number of nitro groups is 1. The molecule has 0 radical (unpaired) electrons. The minimum atomic E-state index is -0.482. The number of amides is 1. The molecule has 1 amide bonds. The number of rotatable bonds is 5. The van der Waals surface area contributed by atoms with Crippen LogP contribution >= 0.6 is 24.0 Å². The Morgan fingerprint density at radius 3 is 2.63 bits per heavy atom. The average Bonchev–Trinajstić information content (AvgIpc) is 2.67. The topological polar surface area (TPSA) is 84.7 Å². The van der Waals surface area contributed by atoms with Gasteiger partial charge >= 0.3 is 0 Å². The molecule has 0 aromatic heterocycles. The fourth-order valence-corrected chi connectivity index (χ4v) is 3.18. The van der Waals surface area contributed by atoms with Crippen LogP contribution in [0.1, 0.15) is 11.6 Å². The maximum Gasteiger partial charge on any atom is 0.269 e. The zero-order valence-electron chi connectivity index (χ0n) is 14.3. The standard InChI is InChI=1S/C18H18ClN3O4.ClH/c19-16-4-2-1-3-15(16)17-11-20-9-10-21(17)18(23)12-26-14-7-5-13(6-8-14)22(24)25;/h1-8,17,20H,9-12H2;1H. The molecule has 1 saturated heterocycles. The number of non-ortho nitro benzene ring substituents is 1. The van der Waals surface area contributed by atoms with Crippen LogP contribution in [0, 0.1) is 10.1 Å². The number of piperazine rings is 1. The summed E-state index contributed by atoms with van der Waals surface area (Å²) in [5.74, 6) is 0.253. The summed E-state index contributed by atoms with van der Waals surface area (Å²) in [7, 11) is 0. The van der Waals surface area contributed by atoms with Crippen LogP contribution in [-0.4, -0.2) is 42.0 Å². The largest absolute Gasteiger partial charge is 0.484 e. The molecule has 2 aromatic rings. The van der Waals surface area contributed by atoms with Gasteiger partial charge in [-0.3, -0.25) is 14.9 Å². The number of carbonyl (C=O) groups is 1. The van der Waals surface area contributed by atoms with Crippen molar-refractivity contribution in [2.75, 3.05) is 26.2 Å². The number of benzene rings is 2. The molecule has 1 N–H and O–H groups in total. The van der Waals surface area contributed by atoms with E-state index in [0.717, 1.165) is 5.56 Å². The first-order valence-electron chi connectivity index (χ1n) is 8.18. The molecule has 3 rings (SSSR count). The van der Waals surface area contributed by atoms with E-state index in [2.05, 4.69) is 5.32 Å². The van der Waals surface area contributed by atoms with E-state index in [1.54, 1.807) is 4.90 Å². The van der Waals surface area contributed by atoms with Crippen LogP contribution in [0.3, 0.4) is 0 Å². The van der Waals surface area contributed by atoms with Crippen LogP contribution in [0.15, 0.2) is 48.5 Å². The Kier molecular flexibility index (Phi) is 7.41. The molecule has 9 heteroatoms. The van der Waals surface area contributed by atoms with Gasteiger partial charge in [0.1, 0.15) is 5.75 Å². The van der Waals surface area contributed by atoms with Gasteiger partial charge in [-0.05, 0) is 23.8 Å². The first-order chi connectivity index (χ1) is 12.6. The van der Waals surface area contributed by atoms with Crippen molar-refractivity contribution in [3.63, 3.8) is 0 Å². The lowest BCUT2D eigenvalue weighted by molar-refractivity contribution is -0.384. The van der Waals surface area contributed by atoms with Gasteiger partial charge in [0.25, 0.3) is 11.6 Å². The maximum absolute atomic E-state index is 12.7. The number of hydrogen-bond donors (Lipinski definition) is 1. The van der Waals surface area contributed by atoms with Crippen LogP contribution in [-0.2, 0) is 4.79 Å². The minimum Gasteiger partial charge on any atom is -0.484 e. The van der Waals surface area contributed by atoms with E-state index in [1.807, 2.05) is 24.3 Å². The second-order valence-corrected chi connectivity index (χ2v) is 6.28. The highest BCUT2D eigenvalue weighted by Gasteiger charge is 2.29. The summed E-state index contributed by atoms with van der Waals surface area (Å²) in [6, 6.07) is 13.0. The molecule has 1 aliphatic rings. The molecule has 0 bridgehead atoms. The van der Waals surface area contributed by atoms with Gasteiger partial charge in [0.2, 0.25) is 0 Å². The van der Waals surface area contributed by atoms with Crippen LogP contribution in [0.4, 0.5) is 5.69 Å². The zero-order valence-corrected chi connectivity index (χ0v) is 15.9. The van der Waals surface area contributed by atoms with E-state index in [0.29, 0.717) is 30.4 Å². The quantitative estimate of drug-likeness (QED) is 0.602. The Bertz CT molecular complexity index is 801. The van der Waals surface area contributed by atoms with Gasteiger partial charge in [-0.1, -0.05) is 29.8 Å². The lowest BCUT2D eigenvalue weighted by Gasteiger charge is -2.36. The molecule has 0 aliphatic carbocycles. The number of ether oxygens (including phenoxy) is 1. The van der Waals surface area contributed by atoms with Gasteiger partial charge < -0.3 is 15.0 Å². The second kappa shape index (κ2) is 9.55. The molecule has 1 heterocycles. The van der Waals surface area contributed by atoms with Crippen molar-refractivity contribution in [2.24, 2.45) is 0 Å². The zero-order chi connectivity index (χ0) is 18.5. The Morgan fingerprint density at radius 1 is 1.26 bits per heavy atom. The lowest BCUT2D eigenvalue weighted by Crippen LogP contribution is -2.50. The van der Waals surface area contributed by atoms with Crippen LogP contribution in [0.5, 0.6) is 5.75 Å². The Balaban J connectivity index is 0.00000261. The highest BCUT2D eigenvalue weighted by atomic mass is 35.5. The Morgan fingerprint density at radius 2 is 1.96 bits per heavy atom. The lowest BCUT2D eigenvalue weighted by atomic mass is 10.0. The predicted molar refractivity (Wildman–Crippen MR) is 105 cm³/mol.